The molecule has 0 unspecified atom stereocenters. The van der Waals surface area contributed by atoms with Crippen LogP contribution in [-0.2, 0) is 11.2 Å². The number of unbranched alkanes of at least 4 members (excludes halogenated alkanes) is 2. The van der Waals surface area contributed by atoms with E-state index in [9.17, 15) is 9.59 Å². The van der Waals surface area contributed by atoms with Crippen LogP contribution >= 0.6 is 0 Å². The number of para-hydroxylation sites is 1. The first-order chi connectivity index (χ1) is 20.4. The Balaban J connectivity index is 1.39. The Bertz CT molecular complexity index is 1380. The summed E-state index contributed by atoms with van der Waals surface area (Å²) in [6, 6.07) is 20.5. The van der Waals surface area contributed by atoms with E-state index in [-0.39, 0.29) is 23.9 Å². The Hall–Kier alpha value is -4.46. The molecule has 4 rings (SSSR count). The predicted octanol–water partition coefficient (Wildman–Crippen LogP) is 6.87. The highest BCUT2D eigenvalue weighted by Crippen LogP contribution is 2.30. The van der Waals surface area contributed by atoms with Crippen molar-refractivity contribution < 1.29 is 24.2 Å². The van der Waals surface area contributed by atoms with Crippen LogP contribution in [0.4, 0.5) is 11.4 Å². The van der Waals surface area contributed by atoms with Crippen LogP contribution in [0.3, 0.4) is 0 Å². The van der Waals surface area contributed by atoms with Crippen molar-refractivity contribution in [1.82, 2.24) is 4.90 Å². The quantitative estimate of drug-likeness (QED) is 0.161. The standard InChI is InChI=1S/C34H41N3O5/c1-4-5-6-11-32(35-29-10-8-7-9-24(29)2)36-30-19-12-25(22-31(30)41-3)23-33(38)37(27-15-16-27)20-21-42-28-17-13-26(14-18-28)34(39)40/h7-14,17-19,22,27,35-36H,4-6,15-16,20-21,23H2,1-3H3,(H,39,40)/b32-11-. The molecule has 42 heavy (non-hydrogen) atoms. The lowest BCUT2D eigenvalue weighted by atomic mass is 10.1. The average Bonchev–Trinajstić information content (AvgIpc) is 3.83. The van der Waals surface area contributed by atoms with Gasteiger partial charge in [0.2, 0.25) is 5.91 Å². The van der Waals surface area contributed by atoms with Crippen LogP contribution in [0.25, 0.3) is 0 Å². The molecule has 1 saturated carbocycles. The SMILES string of the molecule is CCCC/C=C(/Nc1ccccc1C)Nc1ccc(CC(=O)N(CCOc2ccc(C(=O)O)cc2)C2CC2)cc1OC. The number of anilines is 2. The van der Waals surface area contributed by atoms with Crippen molar-refractivity contribution in [2.24, 2.45) is 0 Å². The van der Waals surface area contributed by atoms with E-state index in [1.165, 1.54) is 12.1 Å². The molecule has 1 fully saturated rings. The molecule has 0 radical (unpaired) electrons. The zero-order chi connectivity index (χ0) is 29.9. The summed E-state index contributed by atoms with van der Waals surface area (Å²) < 4.78 is 11.5. The Morgan fingerprint density at radius 1 is 1.02 bits per heavy atom. The molecule has 8 heteroatoms. The molecule has 8 nitrogen and oxygen atoms in total. The maximum atomic E-state index is 13.3. The van der Waals surface area contributed by atoms with Gasteiger partial charge in [0.05, 0.1) is 31.3 Å². The number of carboxylic acids is 1. The van der Waals surface area contributed by atoms with Crippen LogP contribution in [-0.4, -0.2) is 48.2 Å². The number of rotatable bonds is 16. The molecule has 3 aromatic rings. The Morgan fingerprint density at radius 2 is 1.76 bits per heavy atom. The molecule has 1 amide bonds. The fourth-order valence-corrected chi connectivity index (χ4v) is 4.66. The third-order valence-electron chi connectivity index (χ3n) is 7.22. The van der Waals surface area contributed by atoms with E-state index in [1.807, 2.05) is 35.2 Å². The number of amides is 1. The molecule has 1 aliphatic rings. The minimum atomic E-state index is -0.977. The van der Waals surface area contributed by atoms with Gasteiger partial charge in [0, 0.05) is 11.7 Å². The molecule has 0 bridgehead atoms. The maximum Gasteiger partial charge on any atom is 0.335 e. The number of carbonyl (C=O) groups excluding carboxylic acids is 1. The number of hydrogen-bond acceptors (Lipinski definition) is 6. The first-order valence-corrected chi connectivity index (χ1v) is 14.6. The number of methoxy groups -OCH3 is 1. The second kappa shape index (κ2) is 15.0. The lowest BCUT2D eigenvalue weighted by Crippen LogP contribution is -2.37. The third-order valence-corrected chi connectivity index (χ3v) is 7.22. The number of benzene rings is 3. The third kappa shape index (κ3) is 8.77. The Labute approximate surface area is 248 Å². The summed E-state index contributed by atoms with van der Waals surface area (Å²) in [6.45, 7) is 5.06. The molecule has 0 aliphatic heterocycles. The number of aryl methyl sites for hydroxylation is 1. The zero-order valence-electron chi connectivity index (χ0n) is 24.7. The summed E-state index contributed by atoms with van der Waals surface area (Å²) in [5, 5.41) is 16.1. The van der Waals surface area contributed by atoms with Gasteiger partial charge >= 0.3 is 5.97 Å². The van der Waals surface area contributed by atoms with Crippen LogP contribution in [0.2, 0.25) is 0 Å². The largest absolute Gasteiger partial charge is 0.495 e. The van der Waals surface area contributed by atoms with Gasteiger partial charge in [0.1, 0.15) is 23.9 Å². The summed E-state index contributed by atoms with van der Waals surface area (Å²) in [7, 11) is 1.64. The van der Waals surface area contributed by atoms with Gasteiger partial charge in [0.15, 0.2) is 0 Å². The number of nitrogens with zero attached hydrogens (tertiary/aromatic N) is 1. The normalized spacial score (nSPS) is 12.9. The molecule has 222 valence electrons. The molecule has 0 saturated heterocycles. The summed E-state index contributed by atoms with van der Waals surface area (Å²) in [4.78, 5) is 26.3. The minimum absolute atomic E-state index is 0.0476. The molecular formula is C34H41N3O5. The van der Waals surface area contributed by atoms with Gasteiger partial charge < -0.3 is 30.1 Å². The Kier molecular flexibility index (Phi) is 10.9. The van der Waals surface area contributed by atoms with Gasteiger partial charge in [-0.25, -0.2) is 4.79 Å². The Morgan fingerprint density at radius 3 is 2.43 bits per heavy atom. The van der Waals surface area contributed by atoms with Gasteiger partial charge in [-0.1, -0.05) is 37.6 Å². The molecular weight excluding hydrogens is 530 g/mol. The second-order valence-corrected chi connectivity index (χ2v) is 10.5. The van der Waals surface area contributed by atoms with Crippen LogP contribution in [0, 0.1) is 6.92 Å². The number of allylic oxidation sites excluding steroid dienone is 1. The number of nitrogens with one attached hydrogen (secondary N) is 2. The van der Waals surface area contributed by atoms with Crippen molar-refractivity contribution in [3.63, 3.8) is 0 Å². The van der Waals surface area contributed by atoms with E-state index in [2.05, 4.69) is 42.7 Å². The first-order valence-electron chi connectivity index (χ1n) is 14.6. The van der Waals surface area contributed by atoms with Gasteiger partial charge in [-0.15, -0.1) is 0 Å². The highest BCUT2D eigenvalue weighted by atomic mass is 16.5. The zero-order valence-corrected chi connectivity index (χ0v) is 24.7. The molecule has 0 atom stereocenters. The number of carbonyl (C=O) groups is 2. The fraction of sp³-hybridized carbons (Fsp3) is 0.353. The van der Waals surface area contributed by atoms with Crippen molar-refractivity contribution >= 4 is 23.3 Å². The smallest absolute Gasteiger partial charge is 0.335 e. The van der Waals surface area contributed by atoms with E-state index in [0.717, 1.165) is 60.4 Å². The highest BCUT2D eigenvalue weighted by molar-refractivity contribution is 5.87. The monoisotopic (exact) mass is 571 g/mol. The van der Waals surface area contributed by atoms with E-state index in [0.29, 0.717) is 24.7 Å². The second-order valence-electron chi connectivity index (χ2n) is 10.5. The maximum absolute atomic E-state index is 13.3. The predicted molar refractivity (Wildman–Crippen MR) is 166 cm³/mol. The summed E-state index contributed by atoms with van der Waals surface area (Å²) >= 11 is 0. The van der Waals surface area contributed by atoms with Crippen LogP contribution in [0.15, 0.2) is 78.6 Å². The van der Waals surface area contributed by atoms with Crippen molar-refractivity contribution in [2.75, 3.05) is 30.9 Å². The van der Waals surface area contributed by atoms with Crippen LogP contribution < -0.4 is 20.1 Å². The van der Waals surface area contributed by atoms with Crippen molar-refractivity contribution in [1.29, 1.82) is 0 Å². The van der Waals surface area contributed by atoms with Gasteiger partial charge in [-0.05, 0) is 92.3 Å². The van der Waals surface area contributed by atoms with Gasteiger partial charge in [-0.3, -0.25) is 4.79 Å². The molecule has 0 heterocycles. The van der Waals surface area contributed by atoms with Crippen LogP contribution in [0.5, 0.6) is 11.5 Å². The van der Waals surface area contributed by atoms with Crippen LogP contribution in [0.1, 0.15) is 60.5 Å². The summed E-state index contributed by atoms with van der Waals surface area (Å²) in [5.41, 5.74) is 4.10. The van der Waals surface area contributed by atoms with Gasteiger partial charge in [-0.2, -0.15) is 0 Å². The minimum Gasteiger partial charge on any atom is -0.495 e. The van der Waals surface area contributed by atoms with E-state index in [1.54, 1.807) is 19.2 Å². The topological polar surface area (TPSA) is 100 Å². The average molecular weight is 572 g/mol. The molecule has 3 aromatic carbocycles. The summed E-state index contributed by atoms with van der Waals surface area (Å²) in [5.74, 6) is 1.20. The highest BCUT2D eigenvalue weighted by Gasteiger charge is 2.32. The van der Waals surface area contributed by atoms with E-state index in [4.69, 9.17) is 14.6 Å². The van der Waals surface area contributed by atoms with E-state index >= 15 is 0 Å². The van der Waals surface area contributed by atoms with Crippen molar-refractivity contribution in [3.05, 3.63) is 95.3 Å². The van der Waals surface area contributed by atoms with Gasteiger partial charge in [0.25, 0.3) is 0 Å². The van der Waals surface area contributed by atoms with Crippen molar-refractivity contribution in [2.45, 2.75) is 58.4 Å². The molecule has 0 aromatic heterocycles. The number of ether oxygens (including phenoxy) is 2. The summed E-state index contributed by atoms with van der Waals surface area (Å²) in [6.07, 6.45) is 7.58. The molecule has 1 aliphatic carbocycles. The number of hydrogen-bond donors (Lipinski definition) is 3. The lowest BCUT2D eigenvalue weighted by molar-refractivity contribution is -0.131. The molecule has 0 spiro atoms. The number of carboxylic acid groups (broad SMARTS) is 1. The fourth-order valence-electron chi connectivity index (χ4n) is 4.66. The number of aromatic carboxylic acids is 1. The lowest BCUT2D eigenvalue weighted by Gasteiger charge is -2.23. The first kappa shape index (κ1) is 30.5. The molecule has 3 N–H and O–H groups in total. The van der Waals surface area contributed by atoms with Crippen molar-refractivity contribution in [3.8, 4) is 11.5 Å². The van der Waals surface area contributed by atoms with E-state index < -0.39 is 5.97 Å².